The third kappa shape index (κ3) is 3.74. The number of nitrogens with two attached hydrogens (primary N) is 2. The van der Waals surface area contributed by atoms with Gasteiger partial charge in [-0.25, -0.2) is 13.6 Å². The molecule has 0 amide bonds. The van der Waals surface area contributed by atoms with E-state index in [0.29, 0.717) is 17.4 Å². The minimum Gasteiger partial charge on any atom is -0.455 e. The minimum absolute atomic E-state index is 0.0354. The summed E-state index contributed by atoms with van der Waals surface area (Å²) in [6.45, 7) is 4.16. The molecule has 2 aromatic carbocycles. The highest BCUT2D eigenvalue weighted by atomic mass is 32.2. The molecule has 112 valence electrons. The standard InChI is InChI=1S/C15H18N2O3S/c1-10(2)11-4-3-5-12(8-11)20-15-9-13(21(17,18)19)6-7-14(15)16/h3-10H,16H2,1-2H3,(H2,17,18,19). The Bertz CT molecular complexity index is 755. The van der Waals surface area contributed by atoms with Gasteiger partial charge in [-0.15, -0.1) is 0 Å². The summed E-state index contributed by atoms with van der Waals surface area (Å²) >= 11 is 0. The Labute approximate surface area is 124 Å². The van der Waals surface area contributed by atoms with Crippen LogP contribution < -0.4 is 15.6 Å². The monoisotopic (exact) mass is 306 g/mol. The van der Waals surface area contributed by atoms with E-state index in [1.165, 1.54) is 18.2 Å². The van der Waals surface area contributed by atoms with Crippen LogP contribution in [0.1, 0.15) is 25.3 Å². The molecule has 0 aliphatic heterocycles. The minimum atomic E-state index is -3.79. The lowest BCUT2D eigenvalue weighted by Crippen LogP contribution is -2.12. The van der Waals surface area contributed by atoms with Crippen molar-refractivity contribution in [3.05, 3.63) is 48.0 Å². The van der Waals surface area contributed by atoms with E-state index in [4.69, 9.17) is 15.6 Å². The molecule has 0 fully saturated rings. The molecule has 0 aromatic heterocycles. The lowest BCUT2D eigenvalue weighted by molar-refractivity contribution is 0.482. The van der Waals surface area contributed by atoms with E-state index in [1.54, 1.807) is 6.07 Å². The fourth-order valence-electron chi connectivity index (χ4n) is 1.84. The summed E-state index contributed by atoms with van der Waals surface area (Å²) in [4.78, 5) is -0.0354. The normalized spacial score (nSPS) is 11.6. The summed E-state index contributed by atoms with van der Waals surface area (Å²) in [5.74, 6) is 1.23. The second-order valence-corrected chi connectivity index (χ2v) is 6.64. The molecular formula is C15H18N2O3S. The van der Waals surface area contributed by atoms with E-state index < -0.39 is 10.0 Å². The summed E-state index contributed by atoms with van der Waals surface area (Å²) in [7, 11) is -3.79. The van der Waals surface area contributed by atoms with Crippen LogP contribution in [0.3, 0.4) is 0 Å². The number of benzene rings is 2. The largest absolute Gasteiger partial charge is 0.455 e. The predicted octanol–water partition coefficient (Wildman–Crippen LogP) is 2.83. The average Bonchev–Trinajstić information content (AvgIpc) is 2.40. The SMILES string of the molecule is CC(C)c1cccc(Oc2cc(S(N)(=O)=O)ccc2N)c1. The Morgan fingerprint density at radius 1 is 1.10 bits per heavy atom. The van der Waals surface area contributed by atoms with Gasteiger partial charge >= 0.3 is 0 Å². The fourth-order valence-corrected chi connectivity index (χ4v) is 2.37. The molecule has 2 rings (SSSR count). The first-order valence-corrected chi connectivity index (χ1v) is 8.02. The summed E-state index contributed by atoms with van der Waals surface area (Å²) in [5.41, 5.74) is 7.28. The molecule has 21 heavy (non-hydrogen) atoms. The highest BCUT2D eigenvalue weighted by molar-refractivity contribution is 7.89. The third-order valence-electron chi connectivity index (χ3n) is 3.07. The van der Waals surface area contributed by atoms with Crippen molar-refractivity contribution in [3.8, 4) is 11.5 Å². The van der Waals surface area contributed by atoms with Crippen LogP contribution >= 0.6 is 0 Å². The maximum atomic E-state index is 11.4. The number of sulfonamides is 1. The first kappa shape index (κ1) is 15.3. The topological polar surface area (TPSA) is 95.4 Å². The van der Waals surface area contributed by atoms with Gasteiger partial charge in [-0.05, 0) is 35.7 Å². The smallest absolute Gasteiger partial charge is 0.238 e. The zero-order chi connectivity index (χ0) is 15.6. The molecule has 0 unspecified atom stereocenters. The van der Waals surface area contributed by atoms with Crippen molar-refractivity contribution in [1.29, 1.82) is 0 Å². The van der Waals surface area contributed by atoms with Crippen LogP contribution in [-0.4, -0.2) is 8.42 Å². The molecule has 0 saturated heterocycles. The molecule has 0 saturated carbocycles. The van der Waals surface area contributed by atoms with Crippen LogP contribution in [-0.2, 0) is 10.0 Å². The van der Waals surface area contributed by atoms with Gasteiger partial charge < -0.3 is 10.5 Å². The van der Waals surface area contributed by atoms with E-state index in [9.17, 15) is 8.42 Å². The highest BCUT2D eigenvalue weighted by Gasteiger charge is 2.12. The summed E-state index contributed by atoms with van der Waals surface area (Å²) in [6.07, 6.45) is 0. The molecule has 2 aromatic rings. The number of anilines is 1. The van der Waals surface area contributed by atoms with Crippen molar-refractivity contribution < 1.29 is 13.2 Å². The number of hydrogen-bond acceptors (Lipinski definition) is 4. The molecule has 0 bridgehead atoms. The summed E-state index contributed by atoms with van der Waals surface area (Å²) in [6, 6.07) is 11.7. The third-order valence-corrected chi connectivity index (χ3v) is 3.98. The second kappa shape index (κ2) is 5.75. The van der Waals surface area contributed by atoms with Crippen LogP contribution in [0.5, 0.6) is 11.5 Å². The fraction of sp³-hybridized carbons (Fsp3) is 0.200. The van der Waals surface area contributed by atoms with Gasteiger partial charge in [-0.2, -0.15) is 0 Å². The van der Waals surface area contributed by atoms with Gasteiger partial charge in [0.2, 0.25) is 10.0 Å². The van der Waals surface area contributed by atoms with Crippen molar-refractivity contribution in [1.82, 2.24) is 0 Å². The zero-order valence-corrected chi connectivity index (χ0v) is 12.7. The van der Waals surface area contributed by atoms with E-state index in [2.05, 4.69) is 13.8 Å². The number of primary sulfonamides is 1. The van der Waals surface area contributed by atoms with E-state index in [1.807, 2.05) is 18.2 Å². The summed E-state index contributed by atoms with van der Waals surface area (Å²) < 4.78 is 28.4. The second-order valence-electron chi connectivity index (χ2n) is 5.07. The Morgan fingerprint density at radius 3 is 2.43 bits per heavy atom. The lowest BCUT2D eigenvalue weighted by Gasteiger charge is -2.12. The van der Waals surface area contributed by atoms with E-state index in [-0.39, 0.29) is 10.6 Å². The molecule has 6 heteroatoms. The van der Waals surface area contributed by atoms with Gasteiger partial charge in [0.1, 0.15) is 5.75 Å². The van der Waals surface area contributed by atoms with Crippen LogP contribution in [0.4, 0.5) is 5.69 Å². The summed E-state index contributed by atoms with van der Waals surface area (Å²) in [5, 5.41) is 5.11. The first-order chi connectivity index (χ1) is 9.77. The maximum absolute atomic E-state index is 11.4. The van der Waals surface area contributed by atoms with Crippen LogP contribution in [0.25, 0.3) is 0 Å². The molecule has 5 nitrogen and oxygen atoms in total. The first-order valence-electron chi connectivity index (χ1n) is 6.47. The Kier molecular flexibility index (Phi) is 4.20. The molecule has 0 heterocycles. The molecule has 0 aliphatic rings. The molecular weight excluding hydrogens is 288 g/mol. The molecule has 0 radical (unpaired) electrons. The number of nitrogen functional groups attached to an aromatic ring is 1. The highest BCUT2D eigenvalue weighted by Crippen LogP contribution is 2.31. The predicted molar refractivity (Wildman–Crippen MR) is 82.8 cm³/mol. The Morgan fingerprint density at radius 2 is 1.81 bits per heavy atom. The Balaban J connectivity index is 2.37. The van der Waals surface area contributed by atoms with Gasteiger partial charge in [-0.1, -0.05) is 26.0 Å². The van der Waals surface area contributed by atoms with Crippen LogP contribution in [0.15, 0.2) is 47.4 Å². The van der Waals surface area contributed by atoms with Crippen molar-refractivity contribution in [3.63, 3.8) is 0 Å². The van der Waals surface area contributed by atoms with Crippen molar-refractivity contribution in [2.24, 2.45) is 5.14 Å². The lowest BCUT2D eigenvalue weighted by atomic mass is 10.0. The molecule has 0 atom stereocenters. The molecule has 0 spiro atoms. The van der Waals surface area contributed by atoms with Gasteiger partial charge in [0.15, 0.2) is 5.75 Å². The maximum Gasteiger partial charge on any atom is 0.238 e. The van der Waals surface area contributed by atoms with Crippen LogP contribution in [0, 0.1) is 0 Å². The quantitative estimate of drug-likeness (QED) is 0.849. The van der Waals surface area contributed by atoms with Crippen molar-refractivity contribution in [2.75, 3.05) is 5.73 Å². The molecule has 0 aliphatic carbocycles. The zero-order valence-electron chi connectivity index (χ0n) is 11.9. The number of hydrogen-bond donors (Lipinski definition) is 2. The average molecular weight is 306 g/mol. The number of rotatable bonds is 4. The number of ether oxygens (including phenoxy) is 1. The van der Waals surface area contributed by atoms with Gasteiger partial charge in [0.25, 0.3) is 0 Å². The molecule has 4 N–H and O–H groups in total. The van der Waals surface area contributed by atoms with E-state index in [0.717, 1.165) is 5.56 Å². The van der Waals surface area contributed by atoms with Gasteiger partial charge in [0, 0.05) is 6.07 Å². The van der Waals surface area contributed by atoms with E-state index >= 15 is 0 Å². The van der Waals surface area contributed by atoms with Crippen molar-refractivity contribution in [2.45, 2.75) is 24.7 Å². The van der Waals surface area contributed by atoms with Crippen LogP contribution in [0.2, 0.25) is 0 Å². The van der Waals surface area contributed by atoms with Gasteiger partial charge in [-0.3, -0.25) is 0 Å². The van der Waals surface area contributed by atoms with Gasteiger partial charge in [0.05, 0.1) is 10.6 Å². The Hall–Kier alpha value is -2.05. The van der Waals surface area contributed by atoms with Crippen molar-refractivity contribution >= 4 is 15.7 Å².